The number of nitrogens with zero attached hydrogens (tertiary/aromatic N) is 3. The molecule has 1 aromatic rings. The Bertz CT molecular complexity index is 1350. The van der Waals surface area contributed by atoms with E-state index >= 15 is 0 Å². The molecule has 5 atom stereocenters. The Balaban J connectivity index is 2.08. The molecule has 1 amide bonds. The molecule has 0 radical (unpaired) electrons. The van der Waals surface area contributed by atoms with Gasteiger partial charge in [0.2, 0.25) is 11.5 Å². The Kier molecular flexibility index (Phi) is 5.82. The van der Waals surface area contributed by atoms with Crippen molar-refractivity contribution in [2.75, 3.05) is 33.1 Å². The van der Waals surface area contributed by atoms with Crippen LogP contribution in [0.5, 0.6) is 5.75 Å². The number of nitro groups is 1. The summed E-state index contributed by atoms with van der Waals surface area (Å²) in [6.45, 7) is 0. The summed E-state index contributed by atoms with van der Waals surface area (Å²) >= 11 is 0. The second-order valence-electron chi connectivity index (χ2n) is 9.81. The average Bonchev–Trinajstić information content (AvgIpc) is 2.78. The van der Waals surface area contributed by atoms with E-state index in [1.807, 2.05) is 0 Å². The topological polar surface area (TPSA) is 228 Å². The van der Waals surface area contributed by atoms with Crippen molar-refractivity contribution < 1.29 is 44.8 Å². The van der Waals surface area contributed by atoms with Crippen LogP contribution >= 0.6 is 0 Å². The Hall–Kier alpha value is -4.01. The number of likely N-dealkylation sites (N-methyl/N-ethyl adjacent to an activating group) is 1. The number of rotatable bonds is 4. The third-order valence-electron chi connectivity index (χ3n) is 7.44. The van der Waals surface area contributed by atoms with Gasteiger partial charge in [-0.3, -0.25) is 29.4 Å². The zero-order chi connectivity index (χ0) is 27.9. The van der Waals surface area contributed by atoms with Crippen LogP contribution in [0.1, 0.15) is 11.1 Å². The van der Waals surface area contributed by atoms with Crippen LogP contribution in [0.4, 0.5) is 11.4 Å². The van der Waals surface area contributed by atoms with Crippen molar-refractivity contribution in [1.29, 1.82) is 0 Å². The van der Waals surface area contributed by atoms with Gasteiger partial charge in [-0.25, -0.2) is 0 Å². The summed E-state index contributed by atoms with van der Waals surface area (Å²) in [7, 11) is 5.93. The highest BCUT2D eigenvalue weighted by Gasteiger charge is 2.67. The molecule has 1 aromatic carbocycles. The minimum atomic E-state index is -3.05. The molecule has 4 rings (SSSR count). The molecule has 0 aromatic heterocycles. The molecule has 14 heteroatoms. The SMILES string of the molecule is CN(C)c1cc([N+](=O)[O-])c(O)c2c1CC1C(=C2O)C(=O)C2(O)C(O)=C(C(N)=O)C(=O)C(N(C)C)C2C1O. The summed E-state index contributed by atoms with van der Waals surface area (Å²) in [5.74, 6) is -9.94. The number of Topliss-reactive ketones (excluding diaryl/α,β-unsaturated/α-hetero) is 2. The molecule has 0 aliphatic heterocycles. The predicted molar refractivity (Wildman–Crippen MR) is 127 cm³/mol. The van der Waals surface area contributed by atoms with Crippen molar-refractivity contribution >= 4 is 34.6 Å². The van der Waals surface area contributed by atoms with E-state index < -0.39 is 91.6 Å². The number of ketones is 2. The second kappa shape index (κ2) is 8.26. The number of phenolic OH excluding ortho intramolecular Hbond substituents is 1. The van der Waals surface area contributed by atoms with Gasteiger partial charge >= 0.3 is 5.69 Å². The maximum atomic E-state index is 13.8. The van der Waals surface area contributed by atoms with E-state index in [-0.39, 0.29) is 17.7 Å². The first kappa shape index (κ1) is 26.1. The molecule has 0 bridgehead atoms. The Morgan fingerprint density at radius 3 is 2.27 bits per heavy atom. The fraction of sp³-hybridized carbons (Fsp3) is 0.435. The minimum absolute atomic E-state index is 0.178. The van der Waals surface area contributed by atoms with Crippen LogP contribution in [0.2, 0.25) is 0 Å². The van der Waals surface area contributed by atoms with Crippen LogP contribution < -0.4 is 10.6 Å². The molecule has 7 N–H and O–H groups in total. The maximum absolute atomic E-state index is 13.8. The number of aliphatic hydroxyl groups excluding tert-OH is 3. The predicted octanol–water partition coefficient (Wildman–Crippen LogP) is -1.09. The first-order chi connectivity index (χ1) is 17.1. The van der Waals surface area contributed by atoms with E-state index in [1.54, 1.807) is 14.1 Å². The van der Waals surface area contributed by atoms with Gasteiger partial charge in [0.15, 0.2) is 11.4 Å². The van der Waals surface area contributed by atoms with E-state index in [0.717, 1.165) is 6.07 Å². The van der Waals surface area contributed by atoms with Crippen LogP contribution in [0.25, 0.3) is 5.76 Å². The molecule has 3 aliphatic rings. The number of fused-ring (bicyclic) bond motifs is 3. The number of carbonyl (C=O) groups is 3. The van der Waals surface area contributed by atoms with Crippen LogP contribution in [-0.2, 0) is 20.8 Å². The highest BCUT2D eigenvalue weighted by atomic mass is 16.6. The molecular weight excluding hydrogens is 492 g/mol. The van der Waals surface area contributed by atoms with Crippen LogP contribution in [0.3, 0.4) is 0 Å². The Labute approximate surface area is 209 Å². The number of carbonyl (C=O) groups excluding carboxylic acids is 3. The number of benzene rings is 1. The maximum Gasteiger partial charge on any atom is 0.313 e. The number of primary amides is 1. The van der Waals surface area contributed by atoms with E-state index in [4.69, 9.17) is 5.73 Å². The van der Waals surface area contributed by atoms with Crippen molar-refractivity contribution in [3.8, 4) is 5.75 Å². The number of hydrogen-bond donors (Lipinski definition) is 6. The lowest BCUT2D eigenvalue weighted by Crippen LogP contribution is -2.70. The highest BCUT2D eigenvalue weighted by Crippen LogP contribution is 2.54. The molecule has 1 fully saturated rings. The molecule has 0 spiro atoms. The molecule has 37 heavy (non-hydrogen) atoms. The molecule has 3 aliphatic carbocycles. The van der Waals surface area contributed by atoms with Gasteiger partial charge in [-0.05, 0) is 26.1 Å². The second-order valence-corrected chi connectivity index (χ2v) is 9.81. The third-order valence-corrected chi connectivity index (χ3v) is 7.44. The third kappa shape index (κ3) is 3.26. The summed E-state index contributed by atoms with van der Waals surface area (Å²) in [6.07, 6.45) is -1.97. The zero-order valence-electron chi connectivity index (χ0n) is 20.3. The number of aromatic hydroxyl groups is 1. The fourth-order valence-electron chi connectivity index (χ4n) is 5.83. The number of nitrogens with two attached hydrogens (primary N) is 1. The van der Waals surface area contributed by atoms with Gasteiger partial charge in [-0.2, -0.15) is 0 Å². The number of phenols is 1. The molecule has 198 valence electrons. The first-order valence-electron chi connectivity index (χ1n) is 11.1. The van der Waals surface area contributed by atoms with Crippen LogP contribution in [-0.4, -0.2) is 98.8 Å². The zero-order valence-corrected chi connectivity index (χ0v) is 20.3. The number of anilines is 1. The number of nitro benzene ring substituents is 1. The van der Waals surface area contributed by atoms with E-state index in [9.17, 15) is 50.0 Å². The van der Waals surface area contributed by atoms with Gasteiger partial charge in [0, 0.05) is 37.3 Å². The minimum Gasteiger partial charge on any atom is -0.508 e. The van der Waals surface area contributed by atoms with Crippen molar-refractivity contribution in [3.05, 3.63) is 44.2 Å². The molecule has 0 heterocycles. The van der Waals surface area contributed by atoms with Crippen molar-refractivity contribution in [2.24, 2.45) is 17.6 Å². The number of hydrogen-bond acceptors (Lipinski definition) is 12. The van der Waals surface area contributed by atoms with E-state index in [2.05, 4.69) is 0 Å². The van der Waals surface area contributed by atoms with Crippen molar-refractivity contribution in [1.82, 2.24) is 4.90 Å². The largest absolute Gasteiger partial charge is 0.508 e. The molecule has 14 nitrogen and oxygen atoms in total. The van der Waals surface area contributed by atoms with Crippen LogP contribution in [0, 0.1) is 22.0 Å². The van der Waals surface area contributed by atoms with E-state index in [0.29, 0.717) is 0 Å². The monoisotopic (exact) mass is 518 g/mol. The number of amides is 1. The fourth-order valence-corrected chi connectivity index (χ4v) is 5.83. The van der Waals surface area contributed by atoms with Gasteiger partial charge in [0.1, 0.15) is 17.1 Å². The molecule has 0 saturated heterocycles. The average molecular weight is 518 g/mol. The van der Waals surface area contributed by atoms with E-state index in [1.165, 1.54) is 23.9 Å². The van der Waals surface area contributed by atoms with Crippen molar-refractivity contribution in [2.45, 2.75) is 24.2 Å². The summed E-state index contributed by atoms with van der Waals surface area (Å²) in [6, 6.07) is -0.383. The van der Waals surface area contributed by atoms with Gasteiger partial charge in [-0.1, -0.05) is 0 Å². The number of aliphatic hydroxyl groups is 4. The summed E-state index contributed by atoms with van der Waals surface area (Å²) in [5.41, 5.74) is -0.252. The molecule has 1 saturated carbocycles. The normalized spacial score (nSPS) is 29.2. The summed E-state index contributed by atoms with van der Waals surface area (Å²) in [5, 5.41) is 67.3. The lowest BCUT2D eigenvalue weighted by atomic mass is 9.56. The standard InChI is InChI=1S/C23H26N4O10/c1-25(2)9-6-10(27(36)37)17(29)11-7(9)5-8-12(18(11)30)20(32)23(35)14(16(8)28)15(26(3)4)19(31)13(21(23)33)22(24)34/h6,8,14-16,28-30,33,35H,5H2,1-4H3,(H2,24,34). The lowest BCUT2D eigenvalue weighted by Gasteiger charge is -2.52. The van der Waals surface area contributed by atoms with Gasteiger partial charge in [0.25, 0.3) is 5.91 Å². The smallest absolute Gasteiger partial charge is 0.313 e. The van der Waals surface area contributed by atoms with Crippen LogP contribution in [0.15, 0.2) is 23.0 Å². The highest BCUT2D eigenvalue weighted by molar-refractivity contribution is 6.24. The van der Waals surface area contributed by atoms with Crippen molar-refractivity contribution in [3.63, 3.8) is 0 Å². The lowest BCUT2D eigenvalue weighted by molar-refractivity contribution is -0.385. The first-order valence-corrected chi connectivity index (χ1v) is 11.1. The van der Waals surface area contributed by atoms with Gasteiger partial charge in [-0.15, -0.1) is 0 Å². The molecule has 5 unspecified atom stereocenters. The Morgan fingerprint density at radius 1 is 1.19 bits per heavy atom. The summed E-state index contributed by atoms with van der Waals surface area (Å²) < 4.78 is 0. The van der Waals surface area contributed by atoms with Gasteiger partial charge in [0.05, 0.1) is 28.6 Å². The Morgan fingerprint density at radius 2 is 1.78 bits per heavy atom. The molecular formula is C23H26N4O10. The van der Waals surface area contributed by atoms with Gasteiger partial charge < -0.3 is 36.2 Å². The summed E-state index contributed by atoms with van der Waals surface area (Å²) in [4.78, 5) is 52.4. The quantitative estimate of drug-likeness (QED) is 0.159.